The lowest BCUT2D eigenvalue weighted by Gasteiger charge is -2.06. The Kier molecular flexibility index (Phi) is 3.10. The maximum absolute atomic E-state index is 10.9. The van der Waals surface area contributed by atoms with Gasteiger partial charge in [-0.3, -0.25) is 4.79 Å². The van der Waals surface area contributed by atoms with Crippen LogP contribution in [0, 0.1) is 0 Å². The van der Waals surface area contributed by atoms with Crippen LogP contribution in [0.1, 0.15) is 6.92 Å². The minimum absolute atomic E-state index is 0.352. The van der Waals surface area contributed by atoms with E-state index < -0.39 is 0 Å². The number of pyridine rings is 1. The fourth-order valence-electron chi connectivity index (χ4n) is 1.50. The molecule has 1 heterocycles. The Bertz CT molecular complexity index is 540. The average Bonchev–Trinajstić information content (AvgIpc) is 2.27. The molecule has 0 amide bonds. The standard InChI is InChI=1S/C12H11NO2S/c1-8(14)15-11-7-9-5-3-4-6-10(9)12(13-11)16-2/h3-7H,1-2H3. The molecular formula is C12H11NO2S. The van der Waals surface area contributed by atoms with Gasteiger partial charge in [-0.25, -0.2) is 4.98 Å². The maximum atomic E-state index is 10.9. The summed E-state index contributed by atoms with van der Waals surface area (Å²) in [6.45, 7) is 1.37. The van der Waals surface area contributed by atoms with Gasteiger partial charge < -0.3 is 4.74 Å². The third-order valence-electron chi connectivity index (χ3n) is 2.12. The highest BCUT2D eigenvalue weighted by Gasteiger charge is 2.06. The molecule has 2 aromatic rings. The molecule has 0 unspecified atom stereocenters. The molecule has 1 aromatic heterocycles. The van der Waals surface area contributed by atoms with E-state index in [1.807, 2.05) is 30.5 Å². The van der Waals surface area contributed by atoms with Crippen LogP contribution in [0.15, 0.2) is 35.4 Å². The van der Waals surface area contributed by atoms with E-state index in [1.165, 1.54) is 18.7 Å². The number of carbonyl (C=O) groups is 1. The van der Waals surface area contributed by atoms with E-state index in [-0.39, 0.29) is 5.97 Å². The van der Waals surface area contributed by atoms with Gasteiger partial charge in [0.05, 0.1) is 0 Å². The topological polar surface area (TPSA) is 39.2 Å². The zero-order valence-electron chi connectivity index (χ0n) is 9.06. The number of carbonyl (C=O) groups excluding carboxylic acids is 1. The molecule has 3 nitrogen and oxygen atoms in total. The highest BCUT2D eigenvalue weighted by molar-refractivity contribution is 7.98. The number of rotatable bonds is 2. The molecule has 0 bridgehead atoms. The van der Waals surface area contributed by atoms with Crippen molar-refractivity contribution in [1.82, 2.24) is 4.98 Å². The van der Waals surface area contributed by atoms with Crippen molar-refractivity contribution < 1.29 is 9.53 Å². The van der Waals surface area contributed by atoms with Crippen molar-refractivity contribution >= 4 is 28.5 Å². The first kappa shape index (κ1) is 11.0. The van der Waals surface area contributed by atoms with Crippen molar-refractivity contribution in [2.45, 2.75) is 11.9 Å². The quantitative estimate of drug-likeness (QED) is 0.590. The molecule has 0 fully saturated rings. The van der Waals surface area contributed by atoms with Crippen LogP contribution >= 0.6 is 11.8 Å². The van der Waals surface area contributed by atoms with Crippen LogP contribution in [0.4, 0.5) is 0 Å². The average molecular weight is 233 g/mol. The van der Waals surface area contributed by atoms with Gasteiger partial charge in [0, 0.05) is 18.4 Å². The van der Waals surface area contributed by atoms with E-state index in [1.54, 1.807) is 6.07 Å². The number of aromatic nitrogens is 1. The number of hydrogen-bond acceptors (Lipinski definition) is 4. The summed E-state index contributed by atoms with van der Waals surface area (Å²) in [7, 11) is 0. The van der Waals surface area contributed by atoms with Crippen LogP contribution in [0.5, 0.6) is 5.88 Å². The molecule has 2 rings (SSSR count). The number of benzene rings is 1. The summed E-state index contributed by atoms with van der Waals surface area (Å²) in [6, 6.07) is 9.67. The molecular weight excluding hydrogens is 222 g/mol. The summed E-state index contributed by atoms with van der Waals surface area (Å²) in [5, 5.41) is 2.97. The Morgan fingerprint density at radius 3 is 2.81 bits per heavy atom. The Balaban J connectivity index is 2.58. The van der Waals surface area contributed by atoms with Crippen molar-refractivity contribution in [3.05, 3.63) is 30.3 Å². The summed E-state index contributed by atoms with van der Waals surface area (Å²) in [5.41, 5.74) is 0. The van der Waals surface area contributed by atoms with Crippen LogP contribution in [0.3, 0.4) is 0 Å². The first-order valence-electron chi connectivity index (χ1n) is 4.83. The Morgan fingerprint density at radius 2 is 2.12 bits per heavy atom. The fraction of sp³-hybridized carbons (Fsp3) is 0.167. The molecule has 0 atom stereocenters. The molecule has 1 aromatic carbocycles. The number of esters is 1. The second-order valence-corrected chi connectivity index (χ2v) is 4.08. The number of hydrogen-bond donors (Lipinski definition) is 0. The SMILES string of the molecule is CSc1nc(OC(C)=O)cc2ccccc12. The van der Waals surface area contributed by atoms with Crippen molar-refractivity contribution in [2.75, 3.05) is 6.26 Å². The van der Waals surface area contributed by atoms with Gasteiger partial charge in [-0.05, 0) is 11.6 Å². The summed E-state index contributed by atoms with van der Waals surface area (Å²) in [6.07, 6.45) is 1.95. The molecule has 0 aliphatic carbocycles. The maximum Gasteiger partial charge on any atom is 0.309 e. The van der Waals surface area contributed by atoms with E-state index in [9.17, 15) is 4.79 Å². The second kappa shape index (κ2) is 4.53. The molecule has 16 heavy (non-hydrogen) atoms. The molecule has 0 saturated carbocycles. The van der Waals surface area contributed by atoms with Gasteiger partial charge in [-0.15, -0.1) is 11.8 Å². The van der Waals surface area contributed by atoms with Crippen molar-refractivity contribution in [2.24, 2.45) is 0 Å². The lowest BCUT2D eigenvalue weighted by molar-refractivity contribution is -0.132. The minimum Gasteiger partial charge on any atom is -0.408 e. The molecule has 0 saturated heterocycles. The minimum atomic E-state index is -0.352. The number of ether oxygens (including phenoxy) is 1. The van der Waals surface area contributed by atoms with Gasteiger partial charge >= 0.3 is 5.97 Å². The van der Waals surface area contributed by atoms with E-state index in [0.29, 0.717) is 5.88 Å². The zero-order valence-corrected chi connectivity index (χ0v) is 9.88. The normalized spacial score (nSPS) is 10.4. The van der Waals surface area contributed by atoms with Crippen LogP contribution in [0.2, 0.25) is 0 Å². The van der Waals surface area contributed by atoms with Gasteiger partial charge in [0.15, 0.2) is 0 Å². The molecule has 0 N–H and O–H groups in total. The van der Waals surface area contributed by atoms with Crippen LogP contribution in [-0.2, 0) is 4.79 Å². The predicted molar refractivity (Wildman–Crippen MR) is 64.8 cm³/mol. The molecule has 0 aliphatic heterocycles. The van der Waals surface area contributed by atoms with Crippen LogP contribution < -0.4 is 4.74 Å². The Hall–Kier alpha value is -1.55. The molecule has 0 aliphatic rings. The highest BCUT2D eigenvalue weighted by Crippen LogP contribution is 2.27. The number of nitrogens with zero attached hydrogens (tertiary/aromatic N) is 1. The first-order valence-corrected chi connectivity index (χ1v) is 6.05. The largest absolute Gasteiger partial charge is 0.408 e. The molecule has 0 spiro atoms. The first-order chi connectivity index (χ1) is 7.70. The summed E-state index contributed by atoms with van der Waals surface area (Å²) < 4.78 is 5.00. The Morgan fingerprint density at radius 1 is 1.38 bits per heavy atom. The molecule has 0 radical (unpaired) electrons. The van der Waals surface area contributed by atoms with Gasteiger partial charge in [0.1, 0.15) is 5.03 Å². The number of fused-ring (bicyclic) bond motifs is 1. The number of thioether (sulfide) groups is 1. The lowest BCUT2D eigenvalue weighted by atomic mass is 10.2. The van der Waals surface area contributed by atoms with E-state index >= 15 is 0 Å². The van der Waals surface area contributed by atoms with Crippen LogP contribution in [-0.4, -0.2) is 17.2 Å². The zero-order chi connectivity index (χ0) is 11.5. The van der Waals surface area contributed by atoms with Gasteiger partial charge in [-0.2, -0.15) is 0 Å². The third-order valence-corrected chi connectivity index (χ3v) is 2.82. The van der Waals surface area contributed by atoms with Crippen molar-refractivity contribution in [3.63, 3.8) is 0 Å². The van der Waals surface area contributed by atoms with Gasteiger partial charge in [0.2, 0.25) is 5.88 Å². The van der Waals surface area contributed by atoms with Crippen molar-refractivity contribution in [1.29, 1.82) is 0 Å². The van der Waals surface area contributed by atoms with Crippen molar-refractivity contribution in [3.8, 4) is 5.88 Å². The smallest absolute Gasteiger partial charge is 0.309 e. The second-order valence-electron chi connectivity index (χ2n) is 3.28. The van der Waals surface area contributed by atoms with E-state index in [4.69, 9.17) is 4.74 Å². The van der Waals surface area contributed by atoms with E-state index in [2.05, 4.69) is 4.98 Å². The fourth-order valence-corrected chi connectivity index (χ4v) is 2.09. The van der Waals surface area contributed by atoms with Crippen LogP contribution in [0.25, 0.3) is 10.8 Å². The van der Waals surface area contributed by atoms with Gasteiger partial charge in [0.25, 0.3) is 0 Å². The lowest BCUT2D eigenvalue weighted by Crippen LogP contribution is -2.03. The Labute approximate surface area is 97.8 Å². The summed E-state index contributed by atoms with van der Waals surface area (Å²) in [4.78, 5) is 15.2. The monoisotopic (exact) mass is 233 g/mol. The summed E-state index contributed by atoms with van der Waals surface area (Å²) >= 11 is 1.54. The van der Waals surface area contributed by atoms with E-state index in [0.717, 1.165) is 15.8 Å². The predicted octanol–water partition coefficient (Wildman–Crippen LogP) is 2.88. The third kappa shape index (κ3) is 2.17. The highest BCUT2D eigenvalue weighted by atomic mass is 32.2. The summed E-state index contributed by atoms with van der Waals surface area (Å²) in [5.74, 6) is 0.00499. The molecule has 4 heteroatoms. The molecule has 82 valence electrons. The van der Waals surface area contributed by atoms with Gasteiger partial charge in [-0.1, -0.05) is 24.3 Å².